The van der Waals surface area contributed by atoms with Crippen LogP contribution in [0.5, 0.6) is 11.5 Å². The Morgan fingerprint density at radius 1 is 0.265 bits per heavy atom. The van der Waals surface area contributed by atoms with Crippen LogP contribution < -0.4 is 60.8 Å². The van der Waals surface area contributed by atoms with E-state index in [-0.39, 0.29) is 20.2 Å². The zero-order valence-corrected chi connectivity index (χ0v) is 65.7. The van der Waals surface area contributed by atoms with E-state index in [9.17, 15) is 0 Å². The Kier molecular flexibility index (Phi) is 20.0. The Morgan fingerprint density at radius 3 is 0.745 bits per heavy atom. The number of hydrogen-bond donors (Lipinski definition) is 0. The number of thioether (sulfide) groups is 4. The van der Waals surface area contributed by atoms with Gasteiger partial charge in [0.1, 0.15) is 11.5 Å². The first kappa shape index (κ1) is 69.4. The first-order chi connectivity index (χ1) is 47.1. The van der Waals surface area contributed by atoms with Gasteiger partial charge in [-0.25, -0.2) is 0 Å². The average Bonchev–Trinajstić information content (AvgIpc) is 1.05. The highest BCUT2D eigenvalue weighted by Crippen LogP contribution is 2.53. The molecule has 0 N–H and O–H groups in total. The topological polar surface area (TPSA) is 36.9 Å². The van der Waals surface area contributed by atoms with Crippen molar-refractivity contribution < 1.29 is 17.7 Å². The third-order valence-electron chi connectivity index (χ3n) is 19.7. The fourth-order valence-electron chi connectivity index (χ4n) is 15.3. The van der Waals surface area contributed by atoms with E-state index in [0.29, 0.717) is 13.2 Å². The van der Waals surface area contributed by atoms with Crippen LogP contribution in [0, 0.1) is 0 Å². The summed E-state index contributed by atoms with van der Waals surface area (Å²) >= 11 is 7.33. The maximum Gasteiger partial charge on any atom is 0.319 e. The van der Waals surface area contributed by atoms with Crippen LogP contribution >= 0.6 is 47.0 Å². The number of benzene rings is 11. The Hall–Kier alpha value is -7.05. The lowest BCUT2D eigenvalue weighted by molar-refractivity contribution is 0.324. The average molecular weight is 1430 g/mol. The lowest BCUT2D eigenvalue weighted by Crippen LogP contribution is -2.68. The SMILES string of the molecule is CC(C)(C)[Si](OCC1=C(CO[Si](c2ccccc2)(c2ccccc2)C(C)(C)C)SC(=c2c3ccc(O[Si](c4ccccc4)(c4ccccc4)C(C)(C)C)cc3c(=C3SC=CS3)c3ccc(O[Si](c4ccccc4)(c4ccccc4)C(C)(C)C)cc23)S1)(c1ccccc1)c1ccccc1. The van der Waals surface area contributed by atoms with Gasteiger partial charge in [0, 0.05) is 20.2 Å². The molecule has 12 heteroatoms. The van der Waals surface area contributed by atoms with Gasteiger partial charge in [0.25, 0.3) is 16.6 Å². The van der Waals surface area contributed by atoms with Crippen LogP contribution in [-0.4, -0.2) is 46.5 Å². The predicted octanol–water partition coefficient (Wildman–Crippen LogP) is 17.8. The molecule has 11 aromatic carbocycles. The van der Waals surface area contributed by atoms with Crippen LogP contribution in [0.2, 0.25) is 20.2 Å². The minimum absolute atomic E-state index is 0.258. The summed E-state index contributed by atoms with van der Waals surface area (Å²) < 4.78 is 34.7. The van der Waals surface area contributed by atoms with E-state index in [1.54, 1.807) is 23.5 Å². The summed E-state index contributed by atoms with van der Waals surface area (Å²) in [5.41, 5.74) is 0. The number of fused-ring (bicyclic) bond motifs is 2. The van der Waals surface area contributed by atoms with Gasteiger partial charge in [-0.3, -0.25) is 0 Å². The monoisotopic (exact) mass is 1420 g/mol. The molecule has 0 aromatic heterocycles. The molecule has 0 bridgehead atoms. The van der Waals surface area contributed by atoms with Gasteiger partial charge < -0.3 is 17.7 Å². The van der Waals surface area contributed by atoms with Crippen molar-refractivity contribution in [1.29, 1.82) is 0 Å². The van der Waals surface area contributed by atoms with Crippen molar-refractivity contribution in [3.8, 4) is 11.5 Å². The van der Waals surface area contributed by atoms with Gasteiger partial charge in [0.2, 0.25) is 0 Å². The summed E-state index contributed by atoms with van der Waals surface area (Å²) in [6.45, 7) is 29.2. The van der Waals surface area contributed by atoms with Gasteiger partial charge in [0.05, 0.1) is 21.7 Å². The molecule has 0 saturated carbocycles. The zero-order chi connectivity index (χ0) is 68.6. The van der Waals surface area contributed by atoms with Gasteiger partial charge in [-0.05, 0) is 118 Å². The molecule has 4 nitrogen and oxygen atoms in total. The summed E-state index contributed by atoms with van der Waals surface area (Å²) in [6.07, 6.45) is 0. The number of hydrogen-bond acceptors (Lipinski definition) is 8. The molecule has 98 heavy (non-hydrogen) atoms. The first-order valence-corrected chi connectivity index (χ1v) is 45.1. The van der Waals surface area contributed by atoms with E-state index >= 15 is 0 Å². The third kappa shape index (κ3) is 12.8. The van der Waals surface area contributed by atoms with Gasteiger partial charge in [-0.1, -0.05) is 385 Å². The summed E-state index contributed by atoms with van der Waals surface area (Å²) in [5, 5.41) is 20.2. The van der Waals surface area contributed by atoms with Crippen molar-refractivity contribution in [3.63, 3.8) is 0 Å². The van der Waals surface area contributed by atoms with Gasteiger partial charge in [-0.15, -0.1) is 0 Å². The molecule has 0 fully saturated rings. The van der Waals surface area contributed by atoms with Crippen LogP contribution in [0.1, 0.15) is 83.1 Å². The van der Waals surface area contributed by atoms with Crippen LogP contribution in [0.4, 0.5) is 0 Å². The molecule has 2 heterocycles. The molecule has 0 spiro atoms. The van der Waals surface area contributed by atoms with Crippen LogP contribution in [0.3, 0.4) is 0 Å². The van der Waals surface area contributed by atoms with Crippen LogP contribution in [0.25, 0.3) is 30.0 Å². The maximum atomic E-state index is 8.09. The highest BCUT2D eigenvalue weighted by Gasteiger charge is 2.55. The smallest absolute Gasteiger partial charge is 0.319 e. The lowest BCUT2D eigenvalue weighted by atomic mass is 9.98. The Balaban J connectivity index is 1.10. The van der Waals surface area contributed by atoms with Gasteiger partial charge >= 0.3 is 16.6 Å². The molecule has 11 aromatic rings. The van der Waals surface area contributed by atoms with Gasteiger partial charge in [0.15, 0.2) is 0 Å². The highest BCUT2D eigenvalue weighted by atomic mass is 32.2. The fourth-order valence-corrected chi connectivity index (χ4v) is 38.0. The van der Waals surface area contributed by atoms with Crippen molar-refractivity contribution in [2.45, 2.75) is 103 Å². The van der Waals surface area contributed by atoms with Gasteiger partial charge in [-0.2, -0.15) is 0 Å². The van der Waals surface area contributed by atoms with E-state index in [4.69, 9.17) is 17.7 Å². The van der Waals surface area contributed by atoms with Crippen molar-refractivity contribution >= 4 is 152 Å². The Bertz CT molecular complexity index is 4540. The zero-order valence-electron chi connectivity index (χ0n) is 58.4. The summed E-state index contributed by atoms with van der Waals surface area (Å²) in [5.74, 6) is 1.69. The lowest BCUT2D eigenvalue weighted by Gasteiger charge is -2.43. The van der Waals surface area contributed by atoms with Crippen molar-refractivity contribution in [1.82, 2.24) is 0 Å². The van der Waals surface area contributed by atoms with Crippen molar-refractivity contribution in [2.24, 2.45) is 0 Å². The minimum Gasteiger partial charge on any atom is -0.534 e. The molecular formula is C86H88O4S4Si4. The van der Waals surface area contributed by atoms with E-state index in [1.165, 1.54) is 55.2 Å². The van der Waals surface area contributed by atoms with E-state index < -0.39 is 33.3 Å². The normalized spacial score (nSPS) is 14.4. The molecule has 0 saturated heterocycles. The molecule has 2 aliphatic heterocycles. The van der Waals surface area contributed by atoms with E-state index in [0.717, 1.165) is 48.1 Å². The molecule has 0 amide bonds. The van der Waals surface area contributed by atoms with E-state index in [1.807, 2.05) is 23.5 Å². The first-order valence-electron chi connectivity index (χ1n) is 34.1. The molecule has 13 rings (SSSR count). The second-order valence-corrected chi connectivity index (χ2v) is 51.3. The molecule has 2 aliphatic rings. The van der Waals surface area contributed by atoms with E-state index in [2.05, 4.69) is 373 Å². The second kappa shape index (κ2) is 28.2. The fraction of sp³-hybridized carbons (Fsp3) is 0.209. The molecule has 496 valence electrons. The van der Waals surface area contributed by atoms with Crippen molar-refractivity contribution in [3.05, 3.63) is 310 Å². The third-order valence-corrected chi connectivity index (χ3v) is 44.3. The number of rotatable bonds is 18. The predicted molar refractivity (Wildman–Crippen MR) is 438 cm³/mol. The Labute approximate surface area is 602 Å². The largest absolute Gasteiger partial charge is 0.534 e. The summed E-state index contributed by atoms with van der Waals surface area (Å²) in [4.78, 5) is 2.32. The Morgan fingerprint density at radius 2 is 0.500 bits per heavy atom. The molecule has 0 unspecified atom stereocenters. The molecular weight excluding hydrogens is 1340 g/mol. The maximum absolute atomic E-state index is 8.09. The molecule has 0 atom stereocenters. The molecule has 0 aliphatic carbocycles. The highest BCUT2D eigenvalue weighted by molar-refractivity contribution is 8.36. The summed E-state index contributed by atoms with van der Waals surface area (Å²) in [6, 6.07) is 102. The van der Waals surface area contributed by atoms with Crippen molar-refractivity contribution in [2.75, 3.05) is 13.2 Å². The standard InChI is InChI=1S/C86H88O4S4Si4/c1-83(2,3)95(65-37-21-13-22-38-65,66-39-23-14-24-40-66)87-61-77-78(62-88-96(84(4,5)6,67-41-25-15-26-42-67)68-43-27-16-28-44-68)94-82(93-77)80-74-56-54-63(89-97(85(7,8)9,69-45-29-17-30-46-69)70-47-31-18-32-48-70)59-75(74)79(81-91-57-58-92-81)73-55-53-64(60-76(73)80)90-98(86(10,11)12,71-49-33-19-34-50-71)72-51-35-20-36-52-72/h13-60H,61-62H2,1-12H3. The van der Waals surface area contributed by atoms with Crippen LogP contribution in [0.15, 0.2) is 300 Å². The van der Waals surface area contributed by atoms with Crippen LogP contribution in [-0.2, 0) is 8.85 Å². The summed E-state index contributed by atoms with van der Waals surface area (Å²) in [7, 11) is -12.4. The minimum atomic E-state index is -3.13. The quantitative estimate of drug-likeness (QED) is 0.0621. The second-order valence-electron chi connectivity index (χ2n) is 29.7. The molecule has 0 radical (unpaired) electrons.